The molecule has 1 aromatic carbocycles. The Labute approximate surface area is 162 Å². The number of carbonyl (C=O) groups excluding carboxylic acids is 1. The number of aromatic nitrogens is 4. The summed E-state index contributed by atoms with van der Waals surface area (Å²) in [6.07, 6.45) is 1.38. The summed E-state index contributed by atoms with van der Waals surface area (Å²) in [5, 5.41) is 7.76. The van der Waals surface area contributed by atoms with E-state index in [2.05, 4.69) is 20.4 Å². The molecule has 2 heterocycles. The number of ether oxygens (including phenoxy) is 1. The van der Waals surface area contributed by atoms with Gasteiger partial charge in [0.1, 0.15) is 17.9 Å². The van der Waals surface area contributed by atoms with Crippen LogP contribution in [0.15, 0.2) is 42.7 Å². The van der Waals surface area contributed by atoms with E-state index in [0.29, 0.717) is 22.4 Å². The molecular weight excluding hydrogens is 366 g/mol. The fraction of sp³-hybridized carbons (Fsp3) is 0.263. The number of aryl methyl sites for hydroxylation is 2. The molecule has 0 aliphatic heterocycles. The van der Waals surface area contributed by atoms with E-state index >= 15 is 0 Å². The number of halogens is 1. The van der Waals surface area contributed by atoms with Crippen LogP contribution in [0.4, 0.5) is 5.82 Å². The van der Waals surface area contributed by atoms with Crippen LogP contribution in [0, 0.1) is 13.8 Å². The van der Waals surface area contributed by atoms with E-state index in [9.17, 15) is 4.79 Å². The Balaban J connectivity index is 1.76. The van der Waals surface area contributed by atoms with Gasteiger partial charge in [-0.2, -0.15) is 5.10 Å². The maximum atomic E-state index is 12.7. The summed E-state index contributed by atoms with van der Waals surface area (Å²) in [4.78, 5) is 21.0. The summed E-state index contributed by atoms with van der Waals surface area (Å²) in [6, 6.07) is 10.4. The van der Waals surface area contributed by atoms with Crippen LogP contribution in [-0.4, -0.2) is 31.3 Å². The quantitative estimate of drug-likeness (QED) is 0.723. The van der Waals surface area contributed by atoms with Gasteiger partial charge in [0.25, 0.3) is 5.91 Å². The molecule has 0 atom stereocenters. The molecule has 1 amide bonds. The van der Waals surface area contributed by atoms with Crippen LogP contribution in [0.2, 0.25) is 5.02 Å². The Morgan fingerprint density at radius 3 is 2.48 bits per heavy atom. The third-order valence-electron chi connectivity index (χ3n) is 3.85. The second-order valence-electron chi connectivity index (χ2n) is 6.62. The molecule has 0 spiro atoms. The first-order valence-electron chi connectivity index (χ1n) is 8.36. The lowest BCUT2D eigenvalue weighted by Gasteiger charge is -2.25. The number of rotatable bonds is 5. The predicted molar refractivity (Wildman–Crippen MR) is 103 cm³/mol. The van der Waals surface area contributed by atoms with Gasteiger partial charge in [-0.1, -0.05) is 11.6 Å². The number of amides is 1. The van der Waals surface area contributed by atoms with E-state index in [-0.39, 0.29) is 5.91 Å². The second-order valence-corrected chi connectivity index (χ2v) is 7.06. The van der Waals surface area contributed by atoms with Crippen molar-refractivity contribution in [2.75, 3.05) is 5.32 Å². The lowest BCUT2D eigenvalue weighted by molar-refractivity contribution is -0.128. The van der Waals surface area contributed by atoms with Crippen LogP contribution < -0.4 is 10.1 Å². The van der Waals surface area contributed by atoms with Gasteiger partial charge in [-0.3, -0.25) is 4.79 Å². The number of hydrogen-bond donors (Lipinski definition) is 1. The zero-order valence-electron chi connectivity index (χ0n) is 15.5. The lowest BCUT2D eigenvalue weighted by Crippen LogP contribution is -2.42. The fourth-order valence-electron chi connectivity index (χ4n) is 2.50. The maximum absolute atomic E-state index is 12.7. The van der Waals surface area contributed by atoms with Gasteiger partial charge in [-0.15, -0.1) is 0 Å². The van der Waals surface area contributed by atoms with Crippen molar-refractivity contribution in [2.24, 2.45) is 0 Å². The van der Waals surface area contributed by atoms with Gasteiger partial charge in [0, 0.05) is 16.8 Å². The van der Waals surface area contributed by atoms with Crippen molar-refractivity contribution >= 4 is 23.3 Å². The largest absolute Gasteiger partial charge is 0.478 e. The van der Waals surface area contributed by atoms with E-state index < -0.39 is 5.60 Å². The molecule has 3 rings (SSSR count). The summed E-state index contributed by atoms with van der Waals surface area (Å²) < 4.78 is 7.49. The van der Waals surface area contributed by atoms with Gasteiger partial charge in [0.2, 0.25) is 0 Å². The summed E-state index contributed by atoms with van der Waals surface area (Å²) >= 11 is 5.87. The maximum Gasteiger partial charge on any atom is 0.269 e. The molecular formula is C19H20ClN5O2. The van der Waals surface area contributed by atoms with Crippen molar-refractivity contribution in [2.45, 2.75) is 33.3 Å². The number of anilines is 1. The van der Waals surface area contributed by atoms with Crippen molar-refractivity contribution < 1.29 is 9.53 Å². The van der Waals surface area contributed by atoms with Crippen LogP contribution in [0.3, 0.4) is 0 Å². The van der Waals surface area contributed by atoms with E-state index in [4.69, 9.17) is 16.3 Å². The number of nitrogens with one attached hydrogen (secondary N) is 1. The number of carbonyl (C=O) groups is 1. The molecule has 140 valence electrons. The van der Waals surface area contributed by atoms with Crippen molar-refractivity contribution in [3.8, 4) is 11.6 Å². The first-order valence-corrected chi connectivity index (χ1v) is 8.74. The van der Waals surface area contributed by atoms with Crippen LogP contribution in [0.5, 0.6) is 5.75 Å². The van der Waals surface area contributed by atoms with Gasteiger partial charge < -0.3 is 10.1 Å². The molecule has 0 fully saturated rings. The number of hydrogen-bond acceptors (Lipinski definition) is 5. The van der Waals surface area contributed by atoms with E-state index in [1.165, 1.54) is 6.33 Å². The third-order valence-corrected chi connectivity index (χ3v) is 4.11. The Kier molecular flexibility index (Phi) is 5.14. The normalized spacial score (nSPS) is 11.3. The highest BCUT2D eigenvalue weighted by atomic mass is 35.5. The smallest absolute Gasteiger partial charge is 0.269 e. The zero-order chi connectivity index (χ0) is 19.6. The standard InChI is InChI=1S/C19H20ClN5O2/c1-12-9-13(2)25(24-12)17-10-16(21-11-22-17)23-18(26)19(3,4)27-15-7-5-14(20)6-8-15/h5-11H,1-4H3,(H,21,22,23,26). The first-order chi connectivity index (χ1) is 12.7. The van der Waals surface area contributed by atoms with E-state index in [0.717, 1.165) is 11.4 Å². The summed E-state index contributed by atoms with van der Waals surface area (Å²) in [5.41, 5.74) is 0.709. The third kappa shape index (κ3) is 4.43. The first kappa shape index (κ1) is 18.8. The topological polar surface area (TPSA) is 81.9 Å². The Bertz CT molecular complexity index is 966. The molecule has 27 heavy (non-hydrogen) atoms. The van der Waals surface area contributed by atoms with E-state index in [1.54, 1.807) is 48.9 Å². The Morgan fingerprint density at radius 1 is 1.15 bits per heavy atom. The molecule has 0 aliphatic rings. The number of nitrogens with zero attached hydrogens (tertiary/aromatic N) is 4. The highest BCUT2D eigenvalue weighted by Gasteiger charge is 2.30. The zero-order valence-corrected chi connectivity index (χ0v) is 16.3. The molecule has 0 radical (unpaired) electrons. The Morgan fingerprint density at radius 2 is 1.85 bits per heavy atom. The molecule has 7 nitrogen and oxygen atoms in total. The molecule has 0 saturated heterocycles. The molecule has 3 aromatic rings. The van der Waals surface area contributed by atoms with Crippen LogP contribution >= 0.6 is 11.6 Å². The van der Waals surface area contributed by atoms with Crippen molar-refractivity contribution in [1.29, 1.82) is 0 Å². The average molecular weight is 386 g/mol. The average Bonchev–Trinajstić information content (AvgIpc) is 2.95. The summed E-state index contributed by atoms with van der Waals surface area (Å²) in [5.74, 6) is 1.15. The molecule has 0 aliphatic carbocycles. The molecule has 8 heteroatoms. The predicted octanol–water partition coefficient (Wildman–Crippen LogP) is 3.73. The van der Waals surface area contributed by atoms with Crippen LogP contribution in [0.25, 0.3) is 5.82 Å². The molecule has 0 unspecified atom stereocenters. The van der Waals surface area contributed by atoms with Crippen molar-refractivity contribution in [3.63, 3.8) is 0 Å². The highest BCUT2D eigenvalue weighted by molar-refractivity contribution is 6.30. The van der Waals surface area contributed by atoms with Crippen LogP contribution in [-0.2, 0) is 4.79 Å². The monoisotopic (exact) mass is 385 g/mol. The highest BCUT2D eigenvalue weighted by Crippen LogP contribution is 2.22. The summed E-state index contributed by atoms with van der Waals surface area (Å²) in [6.45, 7) is 7.20. The lowest BCUT2D eigenvalue weighted by atomic mass is 10.1. The summed E-state index contributed by atoms with van der Waals surface area (Å²) in [7, 11) is 0. The molecule has 0 saturated carbocycles. The van der Waals surface area contributed by atoms with Crippen molar-refractivity contribution in [3.05, 3.63) is 59.1 Å². The van der Waals surface area contributed by atoms with Gasteiger partial charge in [-0.25, -0.2) is 14.6 Å². The van der Waals surface area contributed by atoms with Crippen LogP contribution in [0.1, 0.15) is 25.2 Å². The van der Waals surface area contributed by atoms with Crippen molar-refractivity contribution in [1.82, 2.24) is 19.7 Å². The van der Waals surface area contributed by atoms with E-state index in [1.807, 2.05) is 19.9 Å². The molecule has 0 bridgehead atoms. The molecule has 2 aromatic heterocycles. The minimum atomic E-state index is -1.11. The Hall–Kier alpha value is -2.93. The second kappa shape index (κ2) is 7.36. The van der Waals surface area contributed by atoms with Gasteiger partial charge in [-0.05, 0) is 58.0 Å². The van der Waals surface area contributed by atoms with Gasteiger partial charge in [0.05, 0.1) is 5.69 Å². The van der Waals surface area contributed by atoms with Gasteiger partial charge >= 0.3 is 0 Å². The minimum Gasteiger partial charge on any atom is -0.478 e. The van der Waals surface area contributed by atoms with Gasteiger partial charge in [0.15, 0.2) is 11.4 Å². The number of benzene rings is 1. The minimum absolute atomic E-state index is 0.338. The SMILES string of the molecule is Cc1cc(C)n(-c2cc(NC(=O)C(C)(C)Oc3ccc(Cl)cc3)ncn2)n1. The molecule has 1 N–H and O–H groups in total. The fourth-order valence-corrected chi connectivity index (χ4v) is 2.63.